The Labute approximate surface area is 476 Å². The number of nitriles is 1. The summed E-state index contributed by atoms with van der Waals surface area (Å²) in [6.45, 7) is 0. The predicted molar refractivity (Wildman–Crippen MR) is 339 cm³/mol. The van der Waals surface area contributed by atoms with Gasteiger partial charge < -0.3 is 4.57 Å². The number of benzene rings is 12. The molecule has 386 valence electrons. The molecule has 0 saturated carbocycles. The van der Waals surface area contributed by atoms with Crippen molar-refractivity contribution >= 4 is 77.5 Å². The summed E-state index contributed by atoms with van der Waals surface area (Å²) < 4.78 is 11.5. The molecule has 0 aliphatic heterocycles. The topological polar surface area (TPSA) is 73.2 Å². The van der Waals surface area contributed by atoms with Crippen molar-refractivity contribution in [2.75, 3.05) is 0 Å². The van der Waals surface area contributed by atoms with Crippen molar-refractivity contribution in [2.24, 2.45) is 0 Å². The van der Waals surface area contributed by atoms with Gasteiger partial charge in [-0.1, -0.05) is 188 Å². The maximum atomic E-state index is 12.3. The molecule has 0 bridgehead atoms. The van der Waals surface area contributed by atoms with Crippen LogP contribution in [-0.4, -0.2) is 32.5 Å². The molecule has 0 unspecified atom stereocenters. The smallest absolute Gasteiger partial charge is 0.220 e. The van der Waals surface area contributed by atoms with Crippen LogP contribution >= 0.6 is 0 Å². The third kappa shape index (κ3) is 7.05. The first-order valence-electron chi connectivity index (χ1n) is 28.0. The van der Waals surface area contributed by atoms with Gasteiger partial charge in [-0.25, -0.2) is 9.97 Å². The van der Waals surface area contributed by atoms with Crippen molar-refractivity contribution in [3.05, 3.63) is 285 Å². The fourth-order valence-corrected chi connectivity index (χ4v) is 13.1. The van der Waals surface area contributed by atoms with E-state index >= 15 is 0 Å². The Kier molecular flexibility index (Phi) is 10.2. The molecule has 12 aromatic carbocycles. The molecule has 17 rings (SSSR count). The molecule has 0 aliphatic carbocycles. The van der Waals surface area contributed by atoms with Crippen molar-refractivity contribution in [1.29, 1.82) is 5.26 Å². The number of hydrogen-bond acceptors (Lipinski definition) is 3. The van der Waals surface area contributed by atoms with Crippen LogP contribution in [0.3, 0.4) is 0 Å². The predicted octanol–water partition coefficient (Wildman–Crippen LogP) is 18.5. The van der Waals surface area contributed by atoms with Gasteiger partial charge in [-0.05, 0) is 136 Å². The van der Waals surface area contributed by atoms with Crippen LogP contribution in [0.4, 0.5) is 0 Å². The first kappa shape index (κ1) is 46.4. The summed E-state index contributed by atoms with van der Waals surface area (Å²) in [7, 11) is 0. The minimum absolute atomic E-state index is 0.555. The molecule has 0 N–H and O–H groups in total. The second-order valence-electron chi connectivity index (χ2n) is 21.3. The molecular formula is C75H46N8. The van der Waals surface area contributed by atoms with Gasteiger partial charge in [0.05, 0.1) is 66.4 Å². The molecule has 8 heteroatoms. The number of imidazole rings is 4. The standard InChI is InChI=1S/C75H46N8/c76-47-60-72(53-34-38-61-67(44-53)82-69-42-51(48-20-6-1-7-21-48)36-40-65(69)79(74(82)77-61)55-26-12-4-13-27-55)59(50-24-10-3-11-25-50)46-71(81-63-32-18-16-30-57(63)58-31-17-19-33-64(58)81)73(60)54-35-39-62-68(45-54)83-70-43-52(49-22-8-2-9-23-49)37-41-66(70)80(75(83)78-62)56-28-14-5-15-29-56/h1-46H. The van der Waals surface area contributed by atoms with E-state index in [1.165, 1.54) is 0 Å². The fourth-order valence-electron chi connectivity index (χ4n) is 13.1. The van der Waals surface area contributed by atoms with Crippen LogP contribution in [0.25, 0.3) is 150 Å². The zero-order chi connectivity index (χ0) is 54.7. The lowest BCUT2D eigenvalue weighted by molar-refractivity contribution is 1.11. The second kappa shape index (κ2) is 18.3. The van der Waals surface area contributed by atoms with E-state index < -0.39 is 0 Å². The zero-order valence-corrected chi connectivity index (χ0v) is 44.6. The third-order valence-corrected chi connectivity index (χ3v) is 16.7. The summed E-state index contributed by atoms with van der Waals surface area (Å²) >= 11 is 0. The normalized spacial score (nSPS) is 11.8. The summed E-state index contributed by atoms with van der Waals surface area (Å²) in [6, 6.07) is 101. The first-order chi connectivity index (χ1) is 41.1. The Balaban J connectivity index is 0.989. The number of rotatable bonds is 8. The fraction of sp³-hybridized carbons (Fsp3) is 0. The molecule has 0 atom stereocenters. The highest BCUT2D eigenvalue weighted by Crippen LogP contribution is 2.48. The number of para-hydroxylation sites is 4. The Morgan fingerprint density at radius 1 is 0.289 bits per heavy atom. The van der Waals surface area contributed by atoms with Gasteiger partial charge in [-0.3, -0.25) is 17.9 Å². The Bertz CT molecular complexity index is 5430. The van der Waals surface area contributed by atoms with Crippen LogP contribution in [0.5, 0.6) is 0 Å². The highest BCUT2D eigenvalue weighted by atomic mass is 15.2. The minimum atomic E-state index is 0.555. The Morgan fingerprint density at radius 3 is 1.16 bits per heavy atom. The molecule has 0 aliphatic rings. The Hall–Kier alpha value is -11.5. The second-order valence-corrected chi connectivity index (χ2v) is 21.3. The van der Waals surface area contributed by atoms with E-state index in [4.69, 9.17) is 9.97 Å². The molecule has 5 heterocycles. The molecule has 0 fully saturated rings. The highest BCUT2D eigenvalue weighted by molar-refractivity contribution is 6.11. The molecule has 8 nitrogen and oxygen atoms in total. The minimum Gasteiger partial charge on any atom is -0.309 e. The SMILES string of the molecule is N#Cc1c(-c2ccc3nc4n(-c5ccccc5)c5ccc(-c6ccccc6)cc5n4c3c2)c(-c2ccccc2)cc(-n2c3ccccc3c3ccccc32)c1-c1ccc2nc3n(-c4ccccc4)c4ccc(-c5ccccc5)cc4n3c2c1. The molecule has 0 spiro atoms. The summed E-state index contributed by atoms with van der Waals surface area (Å²) in [5.74, 6) is 1.61. The van der Waals surface area contributed by atoms with Crippen LogP contribution in [0.1, 0.15) is 5.56 Å². The molecule has 0 saturated heterocycles. The monoisotopic (exact) mass is 1060 g/mol. The molecule has 0 amide bonds. The van der Waals surface area contributed by atoms with Crippen molar-refractivity contribution in [2.45, 2.75) is 0 Å². The lowest BCUT2D eigenvalue weighted by atomic mass is 9.84. The van der Waals surface area contributed by atoms with E-state index in [9.17, 15) is 5.26 Å². The molecule has 17 aromatic rings. The van der Waals surface area contributed by atoms with Crippen LogP contribution in [0.15, 0.2) is 279 Å². The lowest BCUT2D eigenvalue weighted by Gasteiger charge is -2.22. The van der Waals surface area contributed by atoms with Crippen molar-refractivity contribution in [3.8, 4) is 78.8 Å². The largest absolute Gasteiger partial charge is 0.309 e. The van der Waals surface area contributed by atoms with Gasteiger partial charge in [0.1, 0.15) is 6.07 Å². The zero-order valence-electron chi connectivity index (χ0n) is 44.6. The van der Waals surface area contributed by atoms with E-state index in [-0.39, 0.29) is 0 Å². The van der Waals surface area contributed by atoms with E-state index in [1.54, 1.807) is 0 Å². The van der Waals surface area contributed by atoms with Crippen LogP contribution in [0, 0.1) is 11.3 Å². The van der Waals surface area contributed by atoms with Gasteiger partial charge in [0.15, 0.2) is 0 Å². The van der Waals surface area contributed by atoms with Gasteiger partial charge in [0, 0.05) is 33.3 Å². The van der Waals surface area contributed by atoms with Gasteiger partial charge in [-0.2, -0.15) is 5.26 Å². The van der Waals surface area contributed by atoms with Gasteiger partial charge in [0.2, 0.25) is 11.6 Å². The summed E-state index contributed by atoms with van der Waals surface area (Å²) in [4.78, 5) is 10.9. The third-order valence-electron chi connectivity index (χ3n) is 16.7. The average Bonchev–Trinajstić information content (AvgIpc) is 4.12. The average molecular weight is 1060 g/mol. The molecule has 5 aromatic heterocycles. The Morgan fingerprint density at radius 2 is 0.687 bits per heavy atom. The summed E-state index contributed by atoms with van der Waals surface area (Å²) in [5, 5.41) is 14.6. The summed E-state index contributed by atoms with van der Waals surface area (Å²) in [5.41, 5.74) is 23.1. The molecular weight excluding hydrogens is 1010 g/mol. The highest BCUT2D eigenvalue weighted by Gasteiger charge is 2.28. The number of hydrogen-bond donors (Lipinski definition) is 0. The van der Waals surface area contributed by atoms with Crippen LogP contribution < -0.4 is 0 Å². The van der Waals surface area contributed by atoms with Crippen LogP contribution in [-0.2, 0) is 0 Å². The first-order valence-corrected chi connectivity index (χ1v) is 28.0. The maximum absolute atomic E-state index is 12.3. The maximum Gasteiger partial charge on any atom is 0.220 e. The van der Waals surface area contributed by atoms with Crippen LogP contribution in [0.2, 0.25) is 0 Å². The van der Waals surface area contributed by atoms with E-state index in [1.807, 2.05) is 12.1 Å². The van der Waals surface area contributed by atoms with E-state index in [2.05, 4.69) is 295 Å². The lowest BCUT2D eigenvalue weighted by Crippen LogP contribution is -2.04. The van der Waals surface area contributed by atoms with Crippen molar-refractivity contribution in [3.63, 3.8) is 0 Å². The summed E-state index contributed by atoms with van der Waals surface area (Å²) in [6.07, 6.45) is 0. The van der Waals surface area contributed by atoms with Gasteiger partial charge in [-0.15, -0.1) is 0 Å². The molecule has 0 radical (unpaired) electrons. The number of aromatic nitrogens is 7. The quantitative estimate of drug-likeness (QED) is 0.152. The van der Waals surface area contributed by atoms with Crippen molar-refractivity contribution in [1.82, 2.24) is 32.5 Å². The number of fused-ring (bicyclic) bond motifs is 13. The van der Waals surface area contributed by atoms with Crippen molar-refractivity contribution < 1.29 is 0 Å². The molecule has 83 heavy (non-hydrogen) atoms. The van der Waals surface area contributed by atoms with E-state index in [0.29, 0.717) is 5.56 Å². The van der Waals surface area contributed by atoms with Gasteiger partial charge >= 0.3 is 0 Å². The van der Waals surface area contributed by atoms with E-state index in [0.717, 1.165) is 150 Å². The van der Waals surface area contributed by atoms with Gasteiger partial charge in [0.25, 0.3) is 0 Å². The number of nitrogens with zero attached hydrogens (tertiary/aromatic N) is 8.